The van der Waals surface area contributed by atoms with Gasteiger partial charge in [-0.15, -0.1) is 0 Å². The minimum absolute atomic E-state index is 0.0153. The van der Waals surface area contributed by atoms with Crippen LogP contribution in [0.2, 0.25) is 5.02 Å². The summed E-state index contributed by atoms with van der Waals surface area (Å²) in [6.07, 6.45) is 6.98. The number of pyridine rings is 1. The topological polar surface area (TPSA) is 101 Å². The van der Waals surface area contributed by atoms with Crippen LogP contribution in [-0.2, 0) is 9.53 Å². The van der Waals surface area contributed by atoms with E-state index in [1.165, 1.54) is 6.20 Å². The van der Waals surface area contributed by atoms with Crippen LogP contribution in [0, 0.1) is 11.8 Å². The predicted octanol–water partition coefficient (Wildman–Crippen LogP) is 2.19. The van der Waals surface area contributed by atoms with Crippen molar-refractivity contribution in [1.82, 2.24) is 20.3 Å². The maximum Gasteiger partial charge on any atom is 0.231 e. The largest absolute Gasteiger partial charge is 0.381 e. The smallest absolute Gasteiger partial charge is 0.231 e. The van der Waals surface area contributed by atoms with Crippen LogP contribution in [0.15, 0.2) is 24.7 Å². The molecular weight excluding hydrogens is 380 g/mol. The second-order valence-electron chi connectivity index (χ2n) is 7.12. The lowest BCUT2D eigenvalue weighted by molar-refractivity contribution is -0.121. The minimum Gasteiger partial charge on any atom is -0.381 e. The van der Waals surface area contributed by atoms with Crippen molar-refractivity contribution in [2.75, 3.05) is 43.5 Å². The number of rotatable bonds is 6. The van der Waals surface area contributed by atoms with Gasteiger partial charge < -0.3 is 20.7 Å². The Labute approximate surface area is 168 Å². The van der Waals surface area contributed by atoms with Crippen LogP contribution < -0.4 is 16.0 Å². The third-order valence-electron chi connectivity index (χ3n) is 5.08. The van der Waals surface area contributed by atoms with Gasteiger partial charge in [0.25, 0.3) is 0 Å². The number of carbonyl (C=O) groups is 1. The van der Waals surface area contributed by atoms with Gasteiger partial charge in [0.15, 0.2) is 0 Å². The van der Waals surface area contributed by atoms with Crippen molar-refractivity contribution in [2.45, 2.75) is 12.8 Å². The van der Waals surface area contributed by atoms with Crippen molar-refractivity contribution < 1.29 is 9.53 Å². The molecule has 2 aromatic rings. The fraction of sp³-hybridized carbons (Fsp3) is 0.474. The maximum atomic E-state index is 12.1. The number of hydrogen-bond donors (Lipinski definition) is 3. The van der Waals surface area contributed by atoms with Gasteiger partial charge >= 0.3 is 0 Å². The Morgan fingerprint density at radius 3 is 2.79 bits per heavy atom. The van der Waals surface area contributed by atoms with E-state index in [9.17, 15) is 4.79 Å². The number of amides is 1. The summed E-state index contributed by atoms with van der Waals surface area (Å²) in [5.74, 6) is 1.67. The third kappa shape index (κ3) is 4.57. The molecule has 0 saturated carbocycles. The monoisotopic (exact) mass is 402 g/mol. The average molecular weight is 403 g/mol. The van der Waals surface area contributed by atoms with E-state index < -0.39 is 0 Å². The minimum atomic E-state index is -0.0440. The molecule has 0 radical (unpaired) electrons. The summed E-state index contributed by atoms with van der Waals surface area (Å²) >= 11 is 6.33. The fourth-order valence-corrected chi connectivity index (χ4v) is 3.39. The van der Waals surface area contributed by atoms with E-state index in [1.54, 1.807) is 18.5 Å². The molecule has 2 aliphatic heterocycles. The molecule has 2 saturated heterocycles. The summed E-state index contributed by atoms with van der Waals surface area (Å²) in [5, 5.41) is 9.74. The number of nitrogens with zero attached hydrogens (tertiary/aromatic N) is 3. The van der Waals surface area contributed by atoms with Crippen molar-refractivity contribution in [3.63, 3.8) is 0 Å². The van der Waals surface area contributed by atoms with Crippen molar-refractivity contribution in [3.8, 4) is 11.3 Å². The summed E-state index contributed by atoms with van der Waals surface area (Å²) in [6.45, 7) is 3.85. The number of aromatic nitrogens is 3. The fourth-order valence-electron chi connectivity index (χ4n) is 3.19. The molecule has 2 aliphatic rings. The summed E-state index contributed by atoms with van der Waals surface area (Å²) in [4.78, 5) is 25.3. The van der Waals surface area contributed by atoms with Gasteiger partial charge in [-0.1, -0.05) is 11.6 Å². The quantitative estimate of drug-likeness (QED) is 0.680. The lowest BCUT2D eigenvalue weighted by Gasteiger charge is -2.25. The molecule has 2 fully saturated rings. The second kappa shape index (κ2) is 8.81. The molecule has 28 heavy (non-hydrogen) atoms. The van der Waals surface area contributed by atoms with E-state index in [2.05, 4.69) is 30.9 Å². The van der Waals surface area contributed by atoms with Gasteiger partial charge in [0.2, 0.25) is 5.91 Å². The van der Waals surface area contributed by atoms with Crippen LogP contribution in [0.1, 0.15) is 12.8 Å². The van der Waals surface area contributed by atoms with Gasteiger partial charge in [0.05, 0.1) is 29.0 Å². The van der Waals surface area contributed by atoms with Gasteiger partial charge in [-0.25, -0.2) is 9.97 Å². The van der Waals surface area contributed by atoms with Crippen molar-refractivity contribution >= 4 is 29.1 Å². The van der Waals surface area contributed by atoms with Crippen molar-refractivity contribution in [1.29, 1.82) is 0 Å². The normalized spacial score (nSPS) is 17.8. The first kappa shape index (κ1) is 19.0. The molecule has 3 N–H and O–H groups in total. The summed E-state index contributed by atoms with van der Waals surface area (Å²) in [7, 11) is 0. The van der Waals surface area contributed by atoms with Crippen LogP contribution in [-0.4, -0.2) is 53.7 Å². The summed E-state index contributed by atoms with van der Waals surface area (Å²) in [6, 6.07) is 1.73. The van der Waals surface area contributed by atoms with Gasteiger partial charge in [-0.2, -0.15) is 0 Å². The van der Waals surface area contributed by atoms with Gasteiger partial charge in [0.1, 0.15) is 11.6 Å². The molecule has 0 aromatic carbocycles. The predicted molar refractivity (Wildman–Crippen MR) is 107 cm³/mol. The van der Waals surface area contributed by atoms with E-state index in [-0.39, 0.29) is 11.8 Å². The Bertz CT molecular complexity index is 839. The van der Waals surface area contributed by atoms with Gasteiger partial charge in [0, 0.05) is 44.6 Å². The zero-order valence-corrected chi connectivity index (χ0v) is 16.2. The number of carbonyl (C=O) groups excluding carboxylic acids is 1. The highest BCUT2D eigenvalue weighted by atomic mass is 35.5. The number of nitrogens with one attached hydrogen (secondary N) is 3. The highest BCUT2D eigenvalue weighted by molar-refractivity contribution is 6.33. The van der Waals surface area contributed by atoms with E-state index in [4.69, 9.17) is 16.3 Å². The van der Waals surface area contributed by atoms with Crippen LogP contribution >= 0.6 is 11.6 Å². The lowest BCUT2D eigenvalue weighted by atomic mass is 10.0. The number of anilines is 2. The van der Waals surface area contributed by atoms with Gasteiger partial charge in [-0.3, -0.25) is 9.78 Å². The standard InChI is InChI=1S/C19H23ClN6O2/c20-15-9-24-17(26-19(27)13-7-21-8-13)5-14(15)16-10-22-11-18(25-16)23-6-12-1-3-28-4-2-12/h5,9-13,21H,1-4,6-8H2,(H,23,25)(H,24,26,27). The Balaban J connectivity index is 1.46. The Morgan fingerprint density at radius 1 is 1.21 bits per heavy atom. The van der Waals surface area contributed by atoms with E-state index >= 15 is 0 Å². The molecule has 0 unspecified atom stereocenters. The molecule has 4 rings (SSSR count). The van der Waals surface area contributed by atoms with E-state index in [1.807, 2.05) is 0 Å². The van der Waals surface area contributed by atoms with Crippen LogP contribution in [0.5, 0.6) is 0 Å². The van der Waals surface area contributed by atoms with Crippen LogP contribution in [0.3, 0.4) is 0 Å². The molecule has 0 aliphatic carbocycles. The molecule has 0 atom stereocenters. The van der Waals surface area contributed by atoms with Crippen molar-refractivity contribution in [3.05, 3.63) is 29.7 Å². The van der Waals surface area contributed by atoms with E-state index in [0.29, 0.717) is 46.9 Å². The Morgan fingerprint density at radius 2 is 2.04 bits per heavy atom. The molecule has 0 bridgehead atoms. The van der Waals surface area contributed by atoms with Gasteiger partial charge in [-0.05, 0) is 24.8 Å². The zero-order chi connectivity index (χ0) is 19.3. The highest BCUT2D eigenvalue weighted by Gasteiger charge is 2.25. The SMILES string of the molecule is O=C(Nc1cc(-c2cncc(NCC3CCOCC3)n2)c(Cl)cn1)C1CNC1. The van der Waals surface area contributed by atoms with E-state index in [0.717, 1.165) is 32.6 Å². The zero-order valence-electron chi connectivity index (χ0n) is 15.4. The first-order valence-electron chi connectivity index (χ1n) is 9.50. The average Bonchev–Trinajstić information content (AvgIpc) is 2.67. The molecule has 148 valence electrons. The molecule has 1 amide bonds. The Hall–Kier alpha value is -2.29. The molecule has 0 spiro atoms. The lowest BCUT2D eigenvalue weighted by Crippen LogP contribution is -2.48. The second-order valence-corrected chi connectivity index (χ2v) is 7.53. The molecular formula is C19H23ClN6O2. The number of halogens is 1. The highest BCUT2D eigenvalue weighted by Crippen LogP contribution is 2.28. The molecule has 8 nitrogen and oxygen atoms in total. The molecule has 9 heteroatoms. The molecule has 2 aromatic heterocycles. The van der Waals surface area contributed by atoms with Crippen molar-refractivity contribution in [2.24, 2.45) is 11.8 Å². The number of ether oxygens (including phenoxy) is 1. The number of hydrogen-bond acceptors (Lipinski definition) is 7. The maximum absolute atomic E-state index is 12.1. The van der Waals surface area contributed by atoms with Crippen LogP contribution in [0.4, 0.5) is 11.6 Å². The Kier molecular flexibility index (Phi) is 5.99. The summed E-state index contributed by atoms with van der Waals surface area (Å²) < 4.78 is 5.40. The first-order chi connectivity index (χ1) is 13.7. The van der Waals surface area contributed by atoms with Crippen LogP contribution in [0.25, 0.3) is 11.3 Å². The third-order valence-corrected chi connectivity index (χ3v) is 5.38. The first-order valence-corrected chi connectivity index (χ1v) is 9.88. The molecule has 4 heterocycles. The summed E-state index contributed by atoms with van der Waals surface area (Å²) in [5.41, 5.74) is 1.31.